The van der Waals surface area contributed by atoms with E-state index >= 15 is 0 Å². The molecule has 8 heteroatoms. The molecule has 0 saturated carbocycles. The van der Waals surface area contributed by atoms with Crippen LogP contribution in [0, 0.1) is 13.8 Å². The molecule has 1 aromatic carbocycles. The highest BCUT2D eigenvalue weighted by Crippen LogP contribution is 2.24. The largest absolute Gasteiger partial charge is 0.427 e. The molecular weight excluding hydrogens is 382 g/mol. The summed E-state index contributed by atoms with van der Waals surface area (Å²) in [6, 6.07) is 6.48. The van der Waals surface area contributed by atoms with Crippen LogP contribution >= 0.6 is 12.4 Å². The van der Waals surface area contributed by atoms with Crippen molar-refractivity contribution in [3.63, 3.8) is 0 Å². The zero-order valence-electron chi connectivity index (χ0n) is 15.8. The van der Waals surface area contributed by atoms with E-state index < -0.39 is 17.4 Å². The summed E-state index contributed by atoms with van der Waals surface area (Å²) in [7, 11) is 0. The zero-order valence-corrected chi connectivity index (χ0v) is 16.7. The number of hydrogen-bond donors (Lipinski definition) is 3. The summed E-state index contributed by atoms with van der Waals surface area (Å²) in [5, 5.41) is 6.00. The number of amides is 2. The number of halogens is 1. The Kier molecular flexibility index (Phi) is 6.99. The van der Waals surface area contributed by atoms with E-state index in [1.165, 1.54) is 6.07 Å². The van der Waals surface area contributed by atoms with Crippen molar-refractivity contribution in [3.8, 4) is 0 Å². The number of hydrogen-bond acceptors (Lipinski definition) is 5. The third-order valence-electron chi connectivity index (χ3n) is 4.85. The summed E-state index contributed by atoms with van der Waals surface area (Å²) in [5.74, 6) is -0.321. The summed E-state index contributed by atoms with van der Waals surface area (Å²) < 4.78 is 5.45. The SMILES string of the molecule is Cc1cc(C(N)=O)ccc1NC(=O)c1c(C)cc(C2CCCNC2)oc1=O.Cl. The summed E-state index contributed by atoms with van der Waals surface area (Å²) >= 11 is 0. The van der Waals surface area contributed by atoms with Crippen LogP contribution in [-0.2, 0) is 0 Å². The molecular formula is C20H24ClN3O4. The highest BCUT2D eigenvalue weighted by molar-refractivity contribution is 6.05. The lowest BCUT2D eigenvalue weighted by atomic mass is 9.95. The van der Waals surface area contributed by atoms with Gasteiger partial charge in [-0.05, 0) is 68.6 Å². The van der Waals surface area contributed by atoms with Crippen LogP contribution in [0.2, 0.25) is 0 Å². The predicted molar refractivity (Wildman–Crippen MR) is 109 cm³/mol. The van der Waals surface area contributed by atoms with Gasteiger partial charge in [-0.25, -0.2) is 4.79 Å². The molecule has 3 rings (SSSR count). The fraction of sp³-hybridized carbons (Fsp3) is 0.350. The van der Waals surface area contributed by atoms with E-state index in [9.17, 15) is 14.4 Å². The van der Waals surface area contributed by atoms with E-state index in [0.717, 1.165) is 25.9 Å². The first-order valence-corrected chi connectivity index (χ1v) is 8.94. The quantitative estimate of drug-likeness (QED) is 0.723. The minimum Gasteiger partial charge on any atom is -0.427 e. The van der Waals surface area contributed by atoms with Gasteiger partial charge in [0.15, 0.2) is 0 Å². The van der Waals surface area contributed by atoms with Crippen molar-refractivity contribution in [2.75, 3.05) is 18.4 Å². The van der Waals surface area contributed by atoms with Gasteiger partial charge in [0.25, 0.3) is 5.91 Å². The van der Waals surface area contributed by atoms with Crippen molar-refractivity contribution < 1.29 is 14.0 Å². The van der Waals surface area contributed by atoms with Crippen LogP contribution in [0.4, 0.5) is 5.69 Å². The molecule has 1 atom stereocenters. The average molecular weight is 406 g/mol. The molecule has 150 valence electrons. The fourth-order valence-electron chi connectivity index (χ4n) is 3.34. The van der Waals surface area contributed by atoms with Crippen molar-refractivity contribution >= 4 is 29.9 Å². The van der Waals surface area contributed by atoms with E-state index in [0.29, 0.717) is 28.1 Å². The van der Waals surface area contributed by atoms with Crippen molar-refractivity contribution in [2.45, 2.75) is 32.6 Å². The van der Waals surface area contributed by atoms with Gasteiger partial charge in [0.05, 0.1) is 0 Å². The number of rotatable bonds is 4. The van der Waals surface area contributed by atoms with Gasteiger partial charge in [-0.1, -0.05) is 0 Å². The molecule has 2 amide bonds. The van der Waals surface area contributed by atoms with Crippen molar-refractivity contribution in [2.24, 2.45) is 5.73 Å². The molecule has 1 fully saturated rings. The molecule has 0 radical (unpaired) electrons. The summed E-state index contributed by atoms with van der Waals surface area (Å²) in [5.41, 5.74) is 6.71. The molecule has 2 heterocycles. The molecule has 1 saturated heterocycles. The summed E-state index contributed by atoms with van der Waals surface area (Å²) in [6.07, 6.45) is 1.97. The topological polar surface area (TPSA) is 114 Å². The first-order valence-electron chi connectivity index (χ1n) is 8.94. The molecule has 7 nitrogen and oxygen atoms in total. The number of aryl methyl sites for hydroxylation is 2. The maximum atomic E-state index is 12.6. The third-order valence-corrected chi connectivity index (χ3v) is 4.85. The zero-order chi connectivity index (χ0) is 19.6. The third kappa shape index (κ3) is 4.61. The second-order valence-corrected chi connectivity index (χ2v) is 6.89. The van der Waals surface area contributed by atoms with Gasteiger partial charge in [0.1, 0.15) is 11.3 Å². The van der Waals surface area contributed by atoms with Crippen LogP contribution in [0.25, 0.3) is 0 Å². The van der Waals surface area contributed by atoms with Gasteiger partial charge < -0.3 is 20.8 Å². The number of anilines is 1. The molecule has 28 heavy (non-hydrogen) atoms. The number of benzene rings is 1. The Bertz CT molecular complexity index is 949. The first kappa shape index (κ1) is 21.7. The van der Waals surface area contributed by atoms with Crippen LogP contribution < -0.4 is 22.0 Å². The van der Waals surface area contributed by atoms with Crippen molar-refractivity contribution in [1.82, 2.24) is 5.32 Å². The lowest BCUT2D eigenvalue weighted by molar-refractivity contribution is 0.0997. The first-order chi connectivity index (χ1) is 12.9. The Hall–Kier alpha value is -2.64. The van der Waals surface area contributed by atoms with Crippen molar-refractivity contribution in [3.05, 3.63) is 62.7 Å². The Morgan fingerprint density at radius 3 is 2.54 bits per heavy atom. The van der Waals surface area contributed by atoms with Gasteiger partial charge in [-0.3, -0.25) is 9.59 Å². The van der Waals surface area contributed by atoms with Gasteiger partial charge in [-0.2, -0.15) is 0 Å². The van der Waals surface area contributed by atoms with Gasteiger partial charge >= 0.3 is 5.63 Å². The number of nitrogens with two attached hydrogens (primary N) is 1. The minimum absolute atomic E-state index is 0. The Morgan fingerprint density at radius 2 is 1.96 bits per heavy atom. The average Bonchev–Trinajstić information content (AvgIpc) is 2.63. The van der Waals surface area contributed by atoms with Crippen LogP contribution in [0.1, 0.15) is 56.4 Å². The number of primary amides is 1. The molecule has 1 unspecified atom stereocenters. The Morgan fingerprint density at radius 1 is 1.21 bits per heavy atom. The van der Waals surface area contributed by atoms with E-state index in [1.54, 1.807) is 32.0 Å². The monoisotopic (exact) mass is 405 g/mol. The number of piperidine rings is 1. The Labute approximate surface area is 169 Å². The number of nitrogens with one attached hydrogen (secondary N) is 2. The van der Waals surface area contributed by atoms with Crippen LogP contribution in [-0.4, -0.2) is 24.9 Å². The van der Waals surface area contributed by atoms with Crippen LogP contribution in [0.5, 0.6) is 0 Å². The molecule has 0 aliphatic carbocycles. The maximum absolute atomic E-state index is 12.6. The molecule has 2 aromatic rings. The highest BCUT2D eigenvalue weighted by Gasteiger charge is 2.22. The summed E-state index contributed by atoms with van der Waals surface area (Å²) in [6.45, 7) is 5.21. The molecule has 1 aliphatic rings. The minimum atomic E-state index is -0.639. The second kappa shape index (κ2) is 9.03. The lowest BCUT2D eigenvalue weighted by Crippen LogP contribution is -2.30. The maximum Gasteiger partial charge on any atom is 0.349 e. The van der Waals surface area contributed by atoms with Gasteiger partial charge in [0.2, 0.25) is 5.91 Å². The standard InChI is InChI=1S/C20H23N3O4.ClH/c1-11-8-13(18(21)24)5-6-15(11)23-19(25)17-12(2)9-16(27-20(17)26)14-4-3-7-22-10-14;/h5-6,8-9,14,22H,3-4,7,10H2,1-2H3,(H2,21,24)(H,23,25);1H. The number of carbonyl (C=O) groups is 2. The molecule has 0 bridgehead atoms. The molecule has 0 spiro atoms. The molecule has 1 aromatic heterocycles. The fourth-order valence-corrected chi connectivity index (χ4v) is 3.34. The Balaban J connectivity index is 0.00000280. The highest BCUT2D eigenvalue weighted by atomic mass is 35.5. The van der Waals surface area contributed by atoms with Gasteiger partial charge in [-0.15, -0.1) is 12.4 Å². The normalized spacial score (nSPS) is 16.1. The number of carbonyl (C=O) groups excluding carboxylic acids is 2. The summed E-state index contributed by atoms with van der Waals surface area (Å²) in [4.78, 5) is 36.3. The van der Waals surface area contributed by atoms with E-state index in [-0.39, 0.29) is 23.9 Å². The van der Waals surface area contributed by atoms with Crippen LogP contribution in [0.3, 0.4) is 0 Å². The smallest absolute Gasteiger partial charge is 0.349 e. The molecule has 4 N–H and O–H groups in total. The van der Waals surface area contributed by atoms with E-state index in [1.807, 2.05) is 0 Å². The lowest BCUT2D eigenvalue weighted by Gasteiger charge is -2.22. The predicted octanol–water partition coefficient (Wildman–Crippen LogP) is 2.50. The van der Waals surface area contributed by atoms with E-state index in [2.05, 4.69) is 10.6 Å². The second-order valence-electron chi connectivity index (χ2n) is 6.89. The molecule has 1 aliphatic heterocycles. The van der Waals surface area contributed by atoms with E-state index in [4.69, 9.17) is 10.2 Å². The van der Waals surface area contributed by atoms with Crippen LogP contribution in [0.15, 0.2) is 33.5 Å². The van der Waals surface area contributed by atoms with Crippen molar-refractivity contribution in [1.29, 1.82) is 0 Å². The van der Waals surface area contributed by atoms with Gasteiger partial charge in [0, 0.05) is 23.7 Å².